The molecule has 0 saturated heterocycles. The van der Waals surface area contributed by atoms with E-state index < -0.39 is 18.5 Å². The van der Waals surface area contributed by atoms with Gasteiger partial charge in [-0.2, -0.15) is 0 Å². The normalized spacial score (nSPS) is 10.6. The van der Waals surface area contributed by atoms with Crippen LogP contribution in [0.2, 0.25) is 0 Å². The number of carbonyl (C=O) groups excluding carboxylic acids is 2. The Balaban J connectivity index is 0.000000539. The monoisotopic (exact) mass is 644 g/mol. The zero-order valence-electron chi connectivity index (χ0n) is 15.4. The number of hydrogen-bond acceptors (Lipinski definition) is 4. The molecule has 0 spiro atoms. The summed E-state index contributed by atoms with van der Waals surface area (Å²) in [6.45, 7) is 1.27. The minimum Gasteiger partial charge on any atom is -0.406 e. The highest BCUT2D eigenvalue weighted by Crippen LogP contribution is 2.24. The van der Waals surface area contributed by atoms with Crippen LogP contribution >= 0.6 is 44.2 Å². The molecule has 0 heterocycles. The number of benzene rings is 2. The van der Waals surface area contributed by atoms with E-state index in [9.17, 15) is 35.9 Å². The van der Waals surface area contributed by atoms with Gasteiger partial charge in [0.1, 0.15) is 11.5 Å². The van der Waals surface area contributed by atoms with E-state index in [-0.39, 0.29) is 33.8 Å². The zero-order valence-corrected chi connectivity index (χ0v) is 20.1. The van der Waals surface area contributed by atoms with Crippen molar-refractivity contribution in [1.29, 1.82) is 0 Å². The van der Waals surface area contributed by atoms with Crippen LogP contribution in [0.25, 0.3) is 0 Å². The minimum atomic E-state index is -4.74. The molecule has 0 aliphatic carbocycles. The number of ether oxygens (including phenoxy) is 2. The molecule has 0 fully saturated rings. The SMILES string of the molecule is BrBr.CC(=O)c1cccc(OC(F)(F)F)c1.O=C(CBr)c1cccc(OC(F)(F)F)c1. The molecular weight excluding hydrogens is 634 g/mol. The Morgan fingerprint density at radius 2 is 1.19 bits per heavy atom. The maximum absolute atomic E-state index is 11.8. The van der Waals surface area contributed by atoms with Gasteiger partial charge in [-0.3, -0.25) is 9.59 Å². The third-order valence-electron chi connectivity index (χ3n) is 2.99. The molecule has 31 heavy (non-hydrogen) atoms. The molecule has 0 atom stereocenters. The third kappa shape index (κ3) is 13.4. The first kappa shape index (κ1) is 29.4. The molecule has 0 amide bonds. The second-order valence-electron chi connectivity index (χ2n) is 5.26. The highest BCUT2D eigenvalue weighted by molar-refractivity contribution is 9.93. The van der Waals surface area contributed by atoms with Crippen LogP contribution < -0.4 is 9.47 Å². The number of rotatable bonds is 5. The predicted octanol–water partition coefficient (Wildman–Crippen LogP) is 7.64. The van der Waals surface area contributed by atoms with Crippen molar-refractivity contribution < 1.29 is 45.4 Å². The highest BCUT2D eigenvalue weighted by Gasteiger charge is 2.31. The van der Waals surface area contributed by atoms with E-state index in [1.54, 1.807) is 0 Å². The lowest BCUT2D eigenvalue weighted by molar-refractivity contribution is -0.275. The largest absolute Gasteiger partial charge is 0.573 e. The molecule has 0 aliphatic rings. The Hall–Kier alpha value is -1.60. The fourth-order valence-corrected chi connectivity index (χ4v) is 2.18. The molecule has 2 rings (SSSR count). The number of Topliss-reactive ketones (excluding diaryl/α,β-unsaturated/α-hetero) is 2. The summed E-state index contributed by atoms with van der Waals surface area (Å²) in [4.78, 5) is 22.0. The summed E-state index contributed by atoms with van der Waals surface area (Å²) in [5.74, 6) is -1.39. The average molecular weight is 647 g/mol. The first-order chi connectivity index (χ1) is 14.3. The second-order valence-corrected chi connectivity index (χ2v) is 5.82. The van der Waals surface area contributed by atoms with E-state index in [0.717, 1.165) is 24.3 Å². The van der Waals surface area contributed by atoms with Gasteiger partial charge in [-0.15, -0.1) is 26.3 Å². The Kier molecular flexibility index (Phi) is 13.0. The van der Waals surface area contributed by atoms with Crippen LogP contribution in [0.15, 0.2) is 48.5 Å². The smallest absolute Gasteiger partial charge is 0.406 e. The van der Waals surface area contributed by atoms with Gasteiger partial charge in [0, 0.05) is 39.4 Å². The van der Waals surface area contributed by atoms with E-state index in [4.69, 9.17) is 0 Å². The minimum absolute atomic E-state index is 0.0580. The highest BCUT2D eigenvalue weighted by atomic mass is 80.9. The summed E-state index contributed by atoms with van der Waals surface area (Å²) in [6, 6.07) is 9.89. The van der Waals surface area contributed by atoms with Crippen molar-refractivity contribution in [3.63, 3.8) is 0 Å². The summed E-state index contributed by atoms with van der Waals surface area (Å²) in [5.41, 5.74) is 0.361. The van der Waals surface area contributed by atoms with Gasteiger partial charge in [0.15, 0.2) is 11.6 Å². The van der Waals surface area contributed by atoms with Crippen LogP contribution in [0.4, 0.5) is 26.3 Å². The predicted molar refractivity (Wildman–Crippen MR) is 112 cm³/mol. The Labute approximate surface area is 196 Å². The summed E-state index contributed by atoms with van der Waals surface area (Å²) < 4.78 is 78.1. The molecule has 172 valence electrons. The molecule has 2 aromatic rings. The summed E-state index contributed by atoms with van der Waals surface area (Å²) in [7, 11) is 0. The first-order valence-electron chi connectivity index (χ1n) is 7.77. The van der Waals surface area contributed by atoms with E-state index in [2.05, 4.69) is 53.7 Å². The molecule has 0 saturated carbocycles. The number of hydrogen-bond donors (Lipinski definition) is 0. The lowest BCUT2D eigenvalue weighted by Gasteiger charge is -2.09. The van der Waals surface area contributed by atoms with Crippen molar-refractivity contribution in [2.75, 3.05) is 5.33 Å². The maximum Gasteiger partial charge on any atom is 0.573 e. The number of alkyl halides is 7. The lowest BCUT2D eigenvalue weighted by Crippen LogP contribution is -2.17. The third-order valence-corrected chi connectivity index (χ3v) is 3.49. The van der Waals surface area contributed by atoms with Crippen molar-refractivity contribution in [2.24, 2.45) is 0 Å². The van der Waals surface area contributed by atoms with Crippen LogP contribution in [-0.4, -0.2) is 29.6 Å². The molecule has 13 heteroatoms. The summed E-state index contributed by atoms with van der Waals surface area (Å²) >= 11 is 8.42. The Morgan fingerprint density at radius 3 is 1.55 bits per heavy atom. The van der Waals surface area contributed by atoms with Crippen LogP contribution in [0, 0.1) is 0 Å². The molecule has 0 unspecified atom stereocenters. The lowest BCUT2D eigenvalue weighted by atomic mass is 10.1. The van der Waals surface area contributed by atoms with Crippen molar-refractivity contribution in [2.45, 2.75) is 19.6 Å². The van der Waals surface area contributed by atoms with Gasteiger partial charge in [0.05, 0.1) is 5.33 Å². The summed E-state index contributed by atoms with van der Waals surface area (Å²) in [5, 5.41) is 0.0580. The fraction of sp³-hybridized carbons (Fsp3) is 0.222. The molecule has 0 aliphatic heterocycles. The summed E-state index contributed by atoms with van der Waals surface area (Å²) in [6.07, 6.45) is -9.47. The molecule has 0 N–H and O–H groups in total. The average Bonchev–Trinajstić information content (AvgIpc) is 2.67. The molecular formula is C18H13Br3F6O4. The van der Waals surface area contributed by atoms with Gasteiger partial charge < -0.3 is 9.47 Å². The topological polar surface area (TPSA) is 52.6 Å². The standard InChI is InChI=1S/C9H6BrF3O2.C9H7F3O2.Br2/c10-5-8(14)6-2-1-3-7(4-6)15-9(11,12)13;1-6(13)7-3-2-4-8(5-7)14-9(10,11)12;1-2/h1-4H,5H2;2-5H,1H3;. The van der Waals surface area contributed by atoms with Gasteiger partial charge in [0.25, 0.3) is 0 Å². The number of halogens is 9. The van der Waals surface area contributed by atoms with Gasteiger partial charge in [-0.05, 0) is 31.2 Å². The van der Waals surface area contributed by atoms with Crippen LogP contribution in [0.1, 0.15) is 27.6 Å². The van der Waals surface area contributed by atoms with Gasteiger partial charge >= 0.3 is 12.7 Å². The van der Waals surface area contributed by atoms with Crippen molar-refractivity contribution in [1.82, 2.24) is 0 Å². The first-order valence-corrected chi connectivity index (χ1v) is 12.6. The van der Waals surface area contributed by atoms with Crippen LogP contribution in [-0.2, 0) is 0 Å². The van der Waals surface area contributed by atoms with Crippen LogP contribution in [0.3, 0.4) is 0 Å². The maximum atomic E-state index is 11.8. The zero-order chi connectivity index (χ0) is 24.2. The van der Waals surface area contributed by atoms with Gasteiger partial charge in [-0.25, -0.2) is 0 Å². The quantitative estimate of drug-likeness (QED) is 0.190. The van der Waals surface area contributed by atoms with E-state index >= 15 is 0 Å². The van der Waals surface area contributed by atoms with Gasteiger partial charge in [-0.1, -0.05) is 40.2 Å². The second kappa shape index (κ2) is 13.7. The van der Waals surface area contributed by atoms with E-state index in [1.807, 2.05) is 0 Å². The van der Waals surface area contributed by atoms with Crippen molar-refractivity contribution >= 4 is 55.8 Å². The van der Waals surface area contributed by atoms with Crippen molar-refractivity contribution in [3.8, 4) is 11.5 Å². The van der Waals surface area contributed by atoms with Gasteiger partial charge in [0.2, 0.25) is 0 Å². The number of ketones is 2. The van der Waals surface area contributed by atoms with Crippen molar-refractivity contribution in [3.05, 3.63) is 59.7 Å². The van der Waals surface area contributed by atoms with Crippen LogP contribution in [0.5, 0.6) is 11.5 Å². The fourth-order valence-electron chi connectivity index (χ4n) is 1.86. The molecule has 2 aromatic carbocycles. The molecule has 0 aromatic heterocycles. The molecule has 4 nitrogen and oxygen atoms in total. The Bertz CT molecular complexity index is 857. The molecule has 0 radical (unpaired) electrons. The number of carbonyl (C=O) groups is 2. The Morgan fingerprint density at radius 1 is 0.806 bits per heavy atom. The van der Waals surface area contributed by atoms with E-state index in [0.29, 0.717) is 0 Å². The van der Waals surface area contributed by atoms with E-state index in [1.165, 1.54) is 31.2 Å². The molecule has 0 bridgehead atoms.